The third-order valence-corrected chi connectivity index (χ3v) is 9.21. The second-order valence-corrected chi connectivity index (χ2v) is 13.5. The van der Waals surface area contributed by atoms with Gasteiger partial charge in [-0.2, -0.15) is 0 Å². The van der Waals surface area contributed by atoms with Gasteiger partial charge in [-0.3, -0.25) is 19.0 Å². The second kappa shape index (κ2) is 9.57. The van der Waals surface area contributed by atoms with Crippen LogP contribution in [0.4, 0.5) is 4.79 Å². The van der Waals surface area contributed by atoms with Gasteiger partial charge in [0.05, 0.1) is 18.5 Å². The summed E-state index contributed by atoms with van der Waals surface area (Å²) in [4.78, 5) is 58.9. The van der Waals surface area contributed by atoms with Gasteiger partial charge in [-0.1, -0.05) is 0 Å². The molecule has 43 heavy (non-hydrogen) atoms. The molecule has 2 aromatic rings. The molecule has 4 fully saturated rings. The largest absolute Gasteiger partial charge is 0.483 e. The van der Waals surface area contributed by atoms with Crippen LogP contribution in [0.25, 0.3) is 17.0 Å². The van der Waals surface area contributed by atoms with Gasteiger partial charge in [-0.15, -0.1) is 0 Å². The first kappa shape index (κ1) is 29.2. The van der Waals surface area contributed by atoms with E-state index >= 15 is 0 Å². The standard InChI is InChI=1S/C32H39N3O8/c1-29(2,3)43-28(39)33-17-19(20-9-10-23-21(24(20)33)11-13-30(4,5)42-23)15-32-22(25(36)41-7)16-31(26(37)35(32)18-40-6)12-8-14-34(31)27(32)38/h9-11,13,17,22H,8,12,14-16,18H2,1-7H3/t22-,31-,32-/m1/s1. The topological polar surface area (TPSA) is 117 Å². The van der Waals surface area contributed by atoms with Gasteiger partial charge in [0.25, 0.3) is 11.8 Å². The van der Waals surface area contributed by atoms with Crippen molar-refractivity contribution < 1.29 is 38.1 Å². The Balaban J connectivity index is 1.58. The van der Waals surface area contributed by atoms with Gasteiger partial charge < -0.3 is 28.7 Å². The third-order valence-electron chi connectivity index (χ3n) is 9.21. The molecule has 230 valence electrons. The lowest BCUT2D eigenvalue weighted by Crippen LogP contribution is -2.83. The van der Waals surface area contributed by atoms with Crippen LogP contribution in [0.1, 0.15) is 65.0 Å². The van der Waals surface area contributed by atoms with Crippen LogP contribution in [-0.4, -0.2) is 88.0 Å². The average molecular weight is 594 g/mol. The minimum Gasteiger partial charge on any atom is -0.483 e. The van der Waals surface area contributed by atoms with Crippen molar-refractivity contribution in [1.82, 2.24) is 14.4 Å². The molecular formula is C32H39N3O8. The Kier molecular flexibility index (Phi) is 6.50. The summed E-state index contributed by atoms with van der Waals surface area (Å²) in [5, 5.41) is 0.678. The number of nitrogens with zero attached hydrogens (tertiary/aromatic N) is 3. The summed E-state index contributed by atoms with van der Waals surface area (Å²) in [5.41, 5.74) is -2.16. The molecule has 0 unspecified atom stereocenters. The SMILES string of the molecule is COCN1C(=O)[C@]23CCCN2C(=O)[C@@]1(Cc1cn(C(=O)OC(C)(C)C)c2c4c(ccc12)OC(C)(C)C=C4)[C@@H](C(=O)OC)C3. The maximum Gasteiger partial charge on any atom is 0.419 e. The van der Waals surface area contributed by atoms with Gasteiger partial charge in [0, 0.05) is 37.2 Å². The van der Waals surface area contributed by atoms with E-state index in [2.05, 4.69) is 0 Å². The first-order chi connectivity index (χ1) is 20.2. The Morgan fingerprint density at radius 1 is 1.12 bits per heavy atom. The number of benzene rings is 1. The average Bonchev–Trinajstić information content (AvgIpc) is 3.53. The normalized spacial score (nSPS) is 27.3. The zero-order valence-electron chi connectivity index (χ0n) is 25.8. The molecule has 0 N–H and O–H groups in total. The number of methoxy groups -OCH3 is 2. The number of piperazine rings is 1. The summed E-state index contributed by atoms with van der Waals surface area (Å²) in [6, 6.07) is 3.69. The maximum absolute atomic E-state index is 14.6. The third kappa shape index (κ3) is 4.18. The zero-order chi connectivity index (χ0) is 31.1. The number of aromatic nitrogens is 1. The molecule has 0 radical (unpaired) electrons. The highest BCUT2D eigenvalue weighted by molar-refractivity contribution is 6.08. The van der Waals surface area contributed by atoms with E-state index in [-0.39, 0.29) is 31.4 Å². The molecule has 1 spiro atoms. The summed E-state index contributed by atoms with van der Waals surface area (Å²) < 4.78 is 24.2. The molecule has 2 amide bonds. The fraction of sp³-hybridized carbons (Fsp3) is 0.562. The van der Waals surface area contributed by atoms with Crippen LogP contribution >= 0.6 is 0 Å². The Bertz CT molecular complexity index is 1580. The summed E-state index contributed by atoms with van der Waals surface area (Å²) >= 11 is 0. The monoisotopic (exact) mass is 593 g/mol. The molecule has 7 rings (SSSR count). The molecule has 11 heteroatoms. The van der Waals surface area contributed by atoms with Gasteiger partial charge in [-0.05, 0) is 83.7 Å². The highest BCUT2D eigenvalue weighted by Crippen LogP contribution is 2.55. The predicted molar refractivity (Wildman–Crippen MR) is 156 cm³/mol. The number of esters is 1. The molecular weight excluding hydrogens is 554 g/mol. The van der Waals surface area contributed by atoms with E-state index in [1.165, 1.54) is 23.7 Å². The van der Waals surface area contributed by atoms with Crippen molar-refractivity contribution >= 4 is 40.9 Å². The molecule has 6 heterocycles. The number of fused-ring (bicyclic) bond motifs is 5. The quantitative estimate of drug-likeness (QED) is 0.480. The Morgan fingerprint density at radius 2 is 1.86 bits per heavy atom. The number of hydrogen-bond donors (Lipinski definition) is 0. The smallest absolute Gasteiger partial charge is 0.419 e. The van der Waals surface area contributed by atoms with Crippen molar-refractivity contribution in [3.05, 3.63) is 35.5 Å². The molecule has 5 aliphatic heterocycles. The molecule has 2 bridgehead atoms. The van der Waals surface area contributed by atoms with Crippen LogP contribution in [0, 0.1) is 5.92 Å². The number of carbonyl (C=O) groups excluding carboxylic acids is 4. The summed E-state index contributed by atoms with van der Waals surface area (Å²) in [6.45, 7) is 9.52. The number of amides is 2. The minimum atomic E-state index is -1.61. The van der Waals surface area contributed by atoms with Gasteiger partial charge in [0.1, 0.15) is 34.8 Å². The highest BCUT2D eigenvalue weighted by Gasteiger charge is 2.74. The number of carbonyl (C=O) groups is 4. The molecule has 4 saturated heterocycles. The van der Waals surface area contributed by atoms with E-state index < -0.39 is 40.3 Å². The van der Waals surface area contributed by atoms with Crippen LogP contribution in [0.5, 0.6) is 5.75 Å². The Morgan fingerprint density at radius 3 is 2.53 bits per heavy atom. The summed E-state index contributed by atoms with van der Waals surface area (Å²) in [6.07, 6.45) is 6.18. The molecule has 5 aliphatic rings. The zero-order valence-corrected chi connectivity index (χ0v) is 25.8. The molecule has 0 aliphatic carbocycles. The number of piperidine rings is 2. The van der Waals surface area contributed by atoms with Crippen molar-refractivity contribution in [3.63, 3.8) is 0 Å². The van der Waals surface area contributed by atoms with Crippen LogP contribution in [0.15, 0.2) is 24.4 Å². The Hall–Kier alpha value is -3.86. The van der Waals surface area contributed by atoms with Crippen LogP contribution < -0.4 is 4.74 Å². The fourth-order valence-corrected chi connectivity index (χ4v) is 7.48. The first-order valence-electron chi connectivity index (χ1n) is 14.7. The van der Waals surface area contributed by atoms with E-state index in [4.69, 9.17) is 18.9 Å². The summed E-state index contributed by atoms with van der Waals surface area (Å²) in [5.74, 6) is -1.40. The number of hydrogen-bond acceptors (Lipinski definition) is 8. The molecule has 0 saturated carbocycles. The van der Waals surface area contributed by atoms with E-state index in [1.54, 1.807) is 31.9 Å². The van der Waals surface area contributed by atoms with Crippen molar-refractivity contribution in [2.45, 2.75) is 82.6 Å². The van der Waals surface area contributed by atoms with Crippen molar-refractivity contribution in [1.29, 1.82) is 0 Å². The van der Waals surface area contributed by atoms with Crippen LogP contribution in [0.2, 0.25) is 0 Å². The van der Waals surface area contributed by atoms with Crippen molar-refractivity contribution in [3.8, 4) is 5.75 Å². The van der Waals surface area contributed by atoms with Gasteiger partial charge in [0.15, 0.2) is 0 Å². The lowest BCUT2D eigenvalue weighted by Gasteiger charge is -2.62. The van der Waals surface area contributed by atoms with E-state index in [0.717, 1.165) is 0 Å². The van der Waals surface area contributed by atoms with Crippen molar-refractivity contribution in [2.75, 3.05) is 27.5 Å². The summed E-state index contributed by atoms with van der Waals surface area (Å²) in [7, 11) is 2.75. The number of ether oxygens (including phenoxy) is 4. The highest BCUT2D eigenvalue weighted by atomic mass is 16.6. The van der Waals surface area contributed by atoms with Crippen LogP contribution in [-0.2, 0) is 35.0 Å². The van der Waals surface area contributed by atoms with Gasteiger partial charge in [0.2, 0.25) is 0 Å². The van der Waals surface area contributed by atoms with Gasteiger partial charge >= 0.3 is 12.1 Å². The van der Waals surface area contributed by atoms with E-state index in [1.807, 2.05) is 38.1 Å². The second-order valence-electron chi connectivity index (χ2n) is 13.5. The molecule has 11 nitrogen and oxygen atoms in total. The van der Waals surface area contributed by atoms with Gasteiger partial charge in [-0.25, -0.2) is 4.79 Å². The predicted octanol–water partition coefficient (Wildman–Crippen LogP) is 3.89. The van der Waals surface area contributed by atoms with E-state index in [0.29, 0.717) is 47.2 Å². The lowest BCUT2D eigenvalue weighted by molar-refractivity contribution is -0.209. The van der Waals surface area contributed by atoms with E-state index in [9.17, 15) is 19.2 Å². The van der Waals surface area contributed by atoms with Crippen molar-refractivity contribution in [2.24, 2.45) is 5.92 Å². The minimum absolute atomic E-state index is 0.0333. The first-order valence-corrected chi connectivity index (χ1v) is 14.7. The molecule has 1 aromatic heterocycles. The lowest BCUT2D eigenvalue weighted by atomic mass is 9.62. The molecule has 3 atom stereocenters. The number of rotatable bonds is 5. The Labute approximate surface area is 250 Å². The molecule has 1 aromatic carbocycles. The fourth-order valence-electron chi connectivity index (χ4n) is 7.48. The van der Waals surface area contributed by atoms with Crippen LogP contribution in [0.3, 0.4) is 0 Å². The maximum atomic E-state index is 14.6.